The number of hydrogen-bond acceptors (Lipinski definition) is 3. The van der Waals surface area contributed by atoms with Gasteiger partial charge in [0.15, 0.2) is 0 Å². The summed E-state index contributed by atoms with van der Waals surface area (Å²) < 4.78 is 29.3. The van der Waals surface area contributed by atoms with Crippen LogP contribution in [-0.4, -0.2) is 21.3 Å². The van der Waals surface area contributed by atoms with Gasteiger partial charge in [0.2, 0.25) is 0 Å². The molecule has 1 aromatic carbocycles. The molecule has 2 aromatic rings. The lowest BCUT2D eigenvalue weighted by Gasteiger charge is -2.33. The van der Waals surface area contributed by atoms with E-state index in [0.717, 1.165) is 0 Å². The Morgan fingerprint density at radius 2 is 1.95 bits per heavy atom. The number of nitrogens with zero attached hydrogens (tertiary/aromatic N) is 2. The zero-order valence-corrected chi connectivity index (χ0v) is 13.0. The van der Waals surface area contributed by atoms with Crippen LogP contribution in [0.4, 0.5) is 8.78 Å². The molecule has 0 fully saturated rings. The Morgan fingerprint density at radius 3 is 2.45 bits per heavy atom. The van der Waals surface area contributed by atoms with E-state index in [9.17, 15) is 13.9 Å². The number of aromatic nitrogens is 2. The topological polar surface area (TPSA) is 50.1 Å². The van der Waals surface area contributed by atoms with Crippen LogP contribution in [0.5, 0.6) is 0 Å². The third-order valence-electron chi connectivity index (χ3n) is 3.85. The second-order valence-electron chi connectivity index (χ2n) is 6.06. The first-order valence-corrected chi connectivity index (χ1v) is 7.11. The minimum Gasteiger partial charge on any atom is -0.396 e. The molecular formula is C16H21F2N3O. The highest BCUT2D eigenvalue weighted by molar-refractivity contribution is 5.20. The van der Waals surface area contributed by atoms with Crippen LogP contribution in [0.1, 0.15) is 31.3 Å². The number of aliphatic hydroxyl groups is 1. The van der Waals surface area contributed by atoms with Gasteiger partial charge in [-0.1, -0.05) is 19.9 Å². The van der Waals surface area contributed by atoms with Crippen molar-refractivity contribution in [3.8, 4) is 0 Å². The average molecular weight is 309 g/mol. The predicted octanol–water partition coefficient (Wildman–Crippen LogP) is 2.55. The summed E-state index contributed by atoms with van der Waals surface area (Å²) in [4.78, 5) is 4.29. The Hall–Kier alpha value is -1.79. The maximum absolute atomic E-state index is 13.8. The zero-order chi connectivity index (χ0) is 16.3. The Bertz CT molecular complexity index is 620. The molecule has 0 unspecified atom stereocenters. The van der Waals surface area contributed by atoms with Crippen molar-refractivity contribution in [2.24, 2.45) is 12.5 Å². The van der Waals surface area contributed by atoms with Crippen LogP contribution in [0.3, 0.4) is 0 Å². The molecule has 0 aliphatic rings. The van der Waals surface area contributed by atoms with Crippen LogP contribution in [-0.2, 0) is 13.6 Å². The van der Waals surface area contributed by atoms with Crippen molar-refractivity contribution in [2.75, 3.05) is 6.61 Å². The van der Waals surface area contributed by atoms with Gasteiger partial charge >= 0.3 is 0 Å². The molecule has 1 aromatic heterocycles. The summed E-state index contributed by atoms with van der Waals surface area (Å²) in [7, 11) is 1.84. The largest absolute Gasteiger partial charge is 0.396 e. The van der Waals surface area contributed by atoms with Crippen molar-refractivity contribution in [1.82, 2.24) is 14.9 Å². The summed E-state index contributed by atoms with van der Waals surface area (Å²) in [6.45, 7) is 3.67. The van der Waals surface area contributed by atoms with Crippen LogP contribution in [0.2, 0.25) is 0 Å². The molecule has 1 atom stereocenters. The van der Waals surface area contributed by atoms with Gasteiger partial charge in [-0.15, -0.1) is 0 Å². The van der Waals surface area contributed by atoms with Crippen LogP contribution in [0.25, 0.3) is 0 Å². The fourth-order valence-electron chi connectivity index (χ4n) is 2.37. The smallest absolute Gasteiger partial charge is 0.130 e. The van der Waals surface area contributed by atoms with E-state index < -0.39 is 17.0 Å². The number of halogens is 2. The summed E-state index contributed by atoms with van der Waals surface area (Å²) in [5.74, 6) is -0.475. The summed E-state index contributed by atoms with van der Waals surface area (Å²) >= 11 is 0. The molecule has 0 amide bonds. The van der Waals surface area contributed by atoms with Crippen LogP contribution in [0.15, 0.2) is 30.6 Å². The molecular weight excluding hydrogens is 288 g/mol. The number of imidazole rings is 1. The van der Waals surface area contributed by atoms with Crippen molar-refractivity contribution >= 4 is 0 Å². The molecule has 0 aliphatic heterocycles. The molecule has 0 spiro atoms. The summed E-state index contributed by atoms with van der Waals surface area (Å²) in [6, 6.07) is 3.44. The predicted molar refractivity (Wildman–Crippen MR) is 80.0 cm³/mol. The number of nitrogens with one attached hydrogen (secondary N) is 1. The second kappa shape index (κ2) is 6.54. The van der Waals surface area contributed by atoms with Gasteiger partial charge in [0.05, 0.1) is 12.6 Å². The molecule has 120 valence electrons. The van der Waals surface area contributed by atoms with E-state index in [1.807, 2.05) is 25.5 Å². The third kappa shape index (κ3) is 3.34. The van der Waals surface area contributed by atoms with Gasteiger partial charge in [-0.3, -0.25) is 0 Å². The normalized spacial score (nSPS) is 13.4. The van der Waals surface area contributed by atoms with E-state index in [1.165, 1.54) is 18.2 Å². The molecule has 22 heavy (non-hydrogen) atoms. The average Bonchev–Trinajstić information content (AvgIpc) is 2.88. The van der Waals surface area contributed by atoms with Crippen molar-refractivity contribution in [3.63, 3.8) is 0 Å². The van der Waals surface area contributed by atoms with Crippen molar-refractivity contribution in [3.05, 3.63) is 53.6 Å². The van der Waals surface area contributed by atoms with Crippen LogP contribution in [0, 0.1) is 17.0 Å². The molecule has 1 heterocycles. The van der Waals surface area contributed by atoms with Crippen LogP contribution >= 0.6 is 0 Å². The monoisotopic (exact) mass is 309 g/mol. The van der Waals surface area contributed by atoms with E-state index in [0.29, 0.717) is 5.82 Å². The first kappa shape index (κ1) is 16.6. The van der Waals surface area contributed by atoms with Crippen LogP contribution < -0.4 is 5.32 Å². The fraction of sp³-hybridized carbons (Fsp3) is 0.438. The van der Waals surface area contributed by atoms with Gasteiger partial charge in [0.25, 0.3) is 0 Å². The molecule has 0 radical (unpaired) electrons. The van der Waals surface area contributed by atoms with E-state index in [1.54, 1.807) is 12.4 Å². The number of aliphatic hydroxyl groups excluding tert-OH is 1. The van der Waals surface area contributed by atoms with Gasteiger partial charge in [-0.05, 0) is 12.1 Å². The van der Waals surface area contributed by atoms with Crippen molar-refractivity contribution in [1.29, 1.82) is 0 Å². The minimum atomic E-state index is -0.590. The van der Waals surface area contributed by atoms with E-state index in [2.05, 4.69) is 10.3 Å². The number of benzene rings is 1. The third-order valence-corrected chi connectivity index (χ3v) is 3.85. The van der Waals surface area contributed by atoms with E-state index >= 15 is 0 Å². The molecule has 2 rings (SSSR count). The lowest BCUT2D eigenvalue weighted by Crippen LogP contribution is -2.38. The standard InChI is InChI=1S/C16H21F2N3O/c1-16(2,10-22)14(15-19-7-8-21(15)3)20-9-11-12(17)5-4-6-13(11)18/h4-8,14,20,22H,9-10H2,1-3H3/t14-/m1/s1. The van der Waals surface area contributed by atoms with Crippen molar-refractivity contribution in [2.45, 2.75) is 26.4 Å². The lowest BCUT2D eigenvalue weighted by atomic mass is 9.84. The minimum absolute atomic E-state index is 0.0134. The molecule has 4 nitrogen and oxygen atoms in total. The lowest BCUT2D eigenvalue weighted by molar-refractivity contribution is 0.109. The molecule has 6 heteroatoms. The highest BCUT2D eigenvalue weighted by Crippen LogP contribution is 2.32. The summed E-state index contributed by atoms with van der Waals surface area (Å²) in [5, 5.41) is 12.8. The first-order valence-electron chi connectivity index (χ1n) is 7.11. The van der Waals surface area contributed by atoms with Gasteiger partial charge < -0.3 is 15.0 Å². The summed E-state index contributed by atoms with van der Waals surface area (Å²) in [5.41, 5.74) is -0.559. The molecule has 0 aliphatic carbocycles. The fourth-order valence-corrected chi connectivity index (χ4v) is 2.37. The Morgan fingerprint density at radius 1 is 1.32 bits per heavy atom. The van der Waals surface area contributed by atoms with Gasteiger partial charge in [-0.2, -0.15) is 0 Å². The van der Waals surface area contributed by atoms with Gasteiger partial charge in [0, 0.05) is 37.0 Å². The quantitative estimate of drug-likeness (QED) is 0.862. The molecule has 0 saturated heterocycles. The Labute approximate surface area is 128 Å². The first-order chi connectivity index (χ1) is 10.4. The number of aryl methyl sites for hydroxylation is 1. The number of hydrogen-bond donors (Lipinski definition) is 2. The molecule has 2 N–H and O–H groups in total. The molecule has 0 saturated carbocycles. The highest BCUT2D eigenvalue weighted by atomic mass is 19.1. The Balaban J connectivity index is 2.27. The van der Waals surface area contributed by atoms with Gasteiger partial charge in [-0.25, -0.2) is 13.8 Å². The summed E-state index contributed by atoms with van der Waals surface area (Å²) in [6.07, 6.45) is 3.45. The second-order valence-corrected chi connectivity index (χ2v) is 6.06. The van der Waals surface area contributed by atoms with E-state index in [4.69, 9.17) is 0 Å². The highest BCUT2D eigenvalue weighted by Gasteiger charge is 2.33. The van der Waals surface area contributed by atoms with Gasteiger partial charge in [0.1, 0.15) is 17.5 Å². The molecule has 0 bridgehead atoms. The maximum Gasteiger partial charge on any atom is 0.130 e. The van der Waals surface area contributed by atoms with Crippen molar-refractivity contribution < 1.29 is 13.9 Å². The number of rotatable bonds is 6. The SMILES string of the molecule is Cn1ccnc1[C@@H](NCc1c(F)cccc1F)C(C)(C)CO. The zero-order valence-electron chi connectivity index (χ0n) is 13.0. The van der Waals surface area contributed by atoms with E-state index in [-0.39, 0.29) is 24.8 Å². The maximum atomic E-state index is 13.8. The Kier molecular flexibility index (Phi) is 4.93.